The van der Waals surface area contributed by atoms with E-state index in [4.69, 9.17) is 9.47 Å². The van der Waals surface area contributed by atoms with Crippen LogP contribution in [0, 0.1) is 40.9 Å². The Bertz CT molecular complexity index is 1300. The molecule has 0 bridgehead atoms. The maximum atomic E-state index is 14.5. The number of halogens is 5. The van der Waals surface area contributed by atoms with E-state index < -0.39 is 40.6 Å². The largest absolute Gasteiger partial charge is 0.490 e. The fourth-order valence-electron chi connectivity index (χ4n) is 3.74. The summed E-state index contributed by atoms with van der Waals surface area (Å²) < 4.78 is 79.1. The van der Waals surface area contributed by atoms with Crippen LogP contribution in [0.2, 0.25) is 0 Å². The zero-order valence-electron chi connectivity index (χ0n) is 21.6. The molecule has 3 aromatic rings. The van der Waals surface area contributed by atoms with E-state index in [1.54, 1.807) is 0 Å². The highest BCUT2D eigenvalue weighted by molar-refractivity contribution is 5.91. The van der Waals surface area contributed by atoms with Crippen LogP contribution in [0.5, 0.6) is 11.5 Å². The number of unbranched alkanes of at least 4 members (excludes halogenated alkanes) is 7. The van der Waals surface area contributed by atoms with Gasteiger partial charge < -0.3 is 9.47 Å². The minimum absolute atomic E-state index is 0.0333. The summed E-state index contributed by atoms with van der Waals surface area (Å²) in [7, 11) is 0. The molecule has 8 heteroatoms. The summed E-state index contributed by atoms with van der Waals surface area (Å²) in [5, 5.41) is 0. The van der Waals surface area contributed by atoms with Crippen LogP contribution < -0.4 is 9.47 Å². The molecule has 0 saturated heterocycles. The number of carbonyl (C=O) groups is 1. The van der Waals surface area contributed by atoms with E-state index in [1.165, 1.54) is 68.5 Å². The van der Waals surface area contributed by atoms with Gasteiger partial charge in [-0.05, 0) is 55.0 Å². The standard InChI is InChI=1S/C31H29F5O3/c1-2-3-4-5-6-7-8-9-18-38-27-17-14-22(28(34)30(27)36)13-10-21-11-15-24(16-12-21)39-31(37)23-19-25(32)29(35)26(33)20-23/h11-12,14-17,19-20H,2-9,18H2,1H3. The Morgan fingerprint density at radius 2 is 1.33 bits per heavy atom. The third kappa shape index (κ3) is 8.85. The van der Waals surface area contributed by atoms with Crippen molar-refractivity contribution in [2.75, 3.05) is 6.61 Å². The third-order valence-electron chi connectivity index (χ3n) is 5.93. The maximum Gasteiger partial charge on any atom is 0.343 e. The molecular weight excluding hydrogens is 515 g/mol. The van der Waals surface area contributed by atoms with Crippen molar-refractivity contribution in [1.82, 2.24) is 0 Å². The van der Waals surface area contributed by atoms with Gasteiger partial charge in [0, 0.05) is 5.56 Å². The quantitative estimate of drug-likeness (QED) is 0.0573. The number of rotatable bonds is 12. The SMILES string of the molecule is CCCCCCCCCCOc1ccc(C#Cc2ccc(OC(=O)c3cc(F)c(F)c(F)c3)cc2)c(F)c1F. The van der Waals surface area contributed by atoms with Crippen LogP contribution in [0.15, 0.2) is 48.5 Å². The first-order chi connectivity index (χ1) is 18.8. The van der Waals surface area contributed by atoms with Crippen LogP contribution in [0.4, 0.5) is 22.0 Å². The third-order valence-corrected chi connectivity index (χ3v) is 5.93. The average Bonchev–Trinajstić information content (AvgIpc) is 2.93. The van der Waals surface area contributed by atoms with Crippen molar-refractivity contribution >= 4 is 5.97 Å². The number of benzene rings is 3. The van der Waals surface area contributed by atoms with E-state index in [-0.39, 0.29) is 17.1 Å². The highest BCUT2D eigenvalue weighted by Crippen LogP contribution is 2.23. The highest BCUT2D eigenvalue weighted by atomic mass is 19.2. The predicted octanol–water partition coefficient (Wildman–Crippen LogP) is 8.52. The number of hydrogen-bond donors (Lipinski definition) is 0. The van der Waals surface area contributed by atoms with Gasteiger partial charge in [-0.15, -0.1) is 0 Å². The lowest BCUT2D eigenvalue weighted by Gasteiger charge is -2.08. The predicted molar refractivity (Wildman–Crippen MR) is 138 cm³/mol. The van der Waals surface area contributed by atoms with Crippen molar-refractivity contribution in [2.24, 2.45) is 0 Å². The first-order valence-electron chi connectivity index (χ1n) is 12.9. The lowest BCUT2D eigenvalue weighted by molar-refractivity contribution is 0.0733. The molecule has 0 saturated carbocycles. The minimum Gasteiger partial charge on any atom is -0.490 e. The number of hydrogen-bond acceptors (Lipinski definition) is 3. The van der Waals surface area contributed by atoms with E-state index >= 15 is 0 Å². The summed E-state index contributed by atoms with van der Waals surface area (Å²) in [6.07, 6.45) is 8.93. The van der Waals surface area contributed by atoms with E-state index in [2.05, 4.69) is 18.8 Å². The number of ether oxygens (including phenoxy) is 2. The molecule has 0 aliphatic carbocycles. The fourth-order valence-corrected chi connectivity index (χ4v) is 3.74. The van der Waals surface area contributed by atoms with Crippen LogP contribution in [0.1, 0.15) is 79.8 Å². The van der Waals surface area contributed by atoms with Gasteiger partial charge in [0.2, 0.25) is 5.82 Å². The van der Waals surface area contributed by atoms with Crippen LogP contribution >= 0.6 is 0 Å². The van der Waals surface area contributed by atoms with Crippen molar-refractivity contribution in [2.45, 2.75) is 58.3 Å². The summed E-state index contributed by atoms with van der Waals surface area (Å²) in [6, 6.07) is 9.37. The molecule has 0 heterocycles. The topological polar surface area (TPSA) is 35.5 Å². The van der Waals surface area contributed by atoms with Crippen molar-refractivity contribution in [3.05, 3.63) is 94.3 Å². The van der Waals surface area contributed by atoms with Gasteiger partial charge in [0.15, 0.2) is 29.0 Å². The monoisotopic (exact) mass is 544 g/mol. The summed E-state index contributed by atoms with van der Waals surface area (Å²) in [5.41, 5.74) is -0.246. The molecule has 3 nitrogen and oxygen atoms in total. The summed E-state index contributed by atoms with van der Waals surface area (Å²) in [6.45, 7) is 2.48. The molecule has 0 spiro atoms. The van der Waals surface area contributed by atoms with Crippen molar-refractivity contribution in [3.63, 3.8) is 0 Å². The minimum atomic E-state index is -1.69. The van der Waals surface area contributed by atoms with Gasteiger partial charge in [0.25, 0.3) is 0 Å². The molecule has 0 unspecified atom stereocenters. The Kier molecular flexibility index (Phi) is 11.4. The zero-order chi connectivity index (χ0) is 28.2. The van der Waals surface area contributed by atoms with Gasteiger partial charge in [-0.25, -0.2) is 22.4 Å². The van der Waals surface area contributed by atoms with Gasteiger partial charge in [-0.2, -0.15) is 4.39 Å². The second-order valence-electron chi connectivity index (χ2n) is 8.98. The Morgan fingerprint density at radius 1 is 0.718 bits per heavy atom. The lowest BCUT2D eigenvalue weighted by Crippen LogP contribution is -2.10. The van der Waals surface area contributed by atoms with Crippen molar-refractivity contribution in [1.29, 1.82) is 0 Å². The normalized spacial score (nSPS) is 10.6. The molecular formula is C31H29F5O3. The highest BCUT2D eigenvalue weighted by Gasteiger charge is 2.17. The van der Waals surface area contributed by atoms with E-state index in [9.17, 15) is 26.7 Å². The molecule has 0 aromatic heterocycles. The van der Waals surface area contributed by atoms with E-state index in [0.717, 1.165) is 19.3 Å². The number of carbonyl (C=O) groups excluding carboxylic acids is 1. The van der Waals surface area contributed by atoms with Crippen molar-refractivity contribution in [3.8, 4) is 23.3 Å². The summed E-state index contributed by atoms with van der Waals surface area (Å²) in [5.74, 6) is -2.90. The molecule has 0 aliphatic heterocycles. The zero-order valence-corrected chi connectivity index (χ0v) is 21.6. The molecule has 0 aliphatic rings. The molecule has 0 fully saturated rings. The second kappa shape index (κ2) is 14.9. The summed E-state index contributed by atoms with van der Waals surface area (Å²) in [4.78, 5) is 12.1. The maximum absolute atomic E-state index is 14.5. The van der Waals surface area contributed by atoms with Gasteiger partial charge in [-0.3, -0.25) is 0 Å². The van der Waals surface area contributed by atoms with Crippen LogP contribution in [0.25, 0.3) is 0 Å². The molecule has 0 radical (unpaired) electrons. The molecule has 206 valence electrons. The van der Waals surface area contributed by atoms with Gasteiger partial charge in [0.05, 0.1) is 17.7 Å². The Labute approximate surface area is 225 Å². The first kappa shape index (κ1) is 29.7. The molecule has 3 aromatic carbocycles. The van der Waals surface area contributed by atoms with Crippen LogP contribution in [0.3, 0.4) is 0 Å². The Morgan fingerprint density at radius 3 is 1.97 bits per heavy atom. The lowest BCUT2D eigenvalue weighted by atomic mass is 10.1. The van der Waals surface area contributed by atoms with E-state index in [0.29, 0.717) is 24.3 Å². The molecule has 0 amide bonds. The van der Waals surface area contributed by atoms with Gasteiger partial charge in [0.1, 0.15) is 5.75 Å². The van der Waals surface area contributed by atoms with Crippen LogP contribution in [-0.2, 0) is 0 Å². The number of esters is 1. The first-order valence-corrected chi connectivity index (χ1v) is 12.9. The Balaban J connectivity index is 1.52. The molecule has 3 rings (SSSR count). The average molecular weight is 545 g/mol. The molecule has 0 atom stereocenters. The smallest absolute Gasteiger partial charge is 0.343 e. The summed E-state index contributed by atoms with van der Waals surface area (Å²) >= 11 is 0. The fraction of sp³-hybridized carbons (Fsp3) is 0.323. The van der Waals surface area contributed by atoms with Gasteiger partial charge >= 0.3 is 5.97 Å². The van der Waals surface area contributed by atoms with Crippen LogP contribution in [-0.4, -0.2) is 12.6 Å². The van der Waals surface area contributed by atoms with Crippen molar-refractivity contribution < 1.29 is 36.2 Å². The molecule has 0 N–H and O–H groups in total. The molecule has 39 heavy (non-hydrogen) atoms. The van der Waals surface area contributed by atoms with Gasteiger partial charge in [-0.1, -0.05) is 63.7 Å². The Hall–Kier alpha value is -3.86. The second-order valence-corrected chi connectivity index (χ2v) is 8.98. The van der Waals surface area contributed by atoms with E-state index in [1.807, 2.05) is 0 Å².